The Morgan fingerprint density at radius 3 is 2.42 bits per heavy atom. The zero-order valence-corrected chi connectivity index (χ0v) is 17.1. The number of halogens is 3. The third-order valence-electron chi connectivity index (χ3n) is 4.32. The summed E-state index contributed by atoms with van der Waals surface area (Å²) in [4.78, 5) is 15.8. The van der Waals surface area contributed by atoms with E-state index in [1.165, 1.54) is 43.5 Å². The van der Waals surface area contributed by atoms with Gasteiger partial charge in [0.25, 0.3) is 0 Å². The zero-order valence-electron chi connectivity index (χ0n) is 16.3. The van der Waals surface area contributed by atoms with E-state index in [0.29, 0.717) is 5.75 Å². The fourth-order valence-electron chi connectivity index (χ4n) is 2.88. The molecule has 3 aromatic rings. The number of carbonyl (C=O) groups is 1. The van der Waals surface area contributed by atoms with Crippen molar-refractivity contribution in [2.45, 2.75) is 17.6 Å². The first-order valence-electron chi connectivity index (χ1n) is 9.05. The minimum absolute atomic E-state index is 0.0133. The highest BCUT2D eigenvalue weighted by Crippen LogP contribution is 2.31. The number of nitrogens with one attached hydrogen (secondary N) is 2. The van der Waals surface area contributed by atoms with E-state index in [4.69, 9.17) is 4.74 Å². The summed E-state index contributed by atoms with van der Waals surface area (Å²) in [5.41, 5.74) is 0.292. The van der Waals surface area contributed by atoms with Gasteiger partial charge in [0.15, 0.2) is 0 Å². The maximum absolute atomic E-state index is 13.3. The molecule has 1 heterocycles. The van der Waals surface area contributed by atoms with Crippen LogP contribution in [-0.4, -0.2) is 44.1 Å². The summed E-state index contributed by atoms with van der Waals surface area (Å²) in [5, 5.41) is 2.40. The van der Waals surface area contributed by atoms with Crippen molar-refractivity contribution in [1.29, 1.82) is 0 Å². The summed E-state index contributed by atoms with van der Waals surface area (Å²) in [5.74, 6) is -1.39. The van der Waals surface area contributed by atoms with Crippen molar-refractivity contribution in [1.82, 2.24) is 19.6 Å². The molecule has 0 saturated heterocycles. The minimum atomic E-state index is -4.73. The van der Waals surface area contributed by atoms with Gasteiger partial charge in [0, 0.05) is 13.1 Å². The molecule has 0 atom stereocenters. The Bertz CT molecular complexity index is 1180. The van der Waals surface area contributed by atoms with Crippen molar-refractivity contribution in [3.8, 4) is 5.75 Å². The van der Waals surface area contributed by atoms with Gasteiger partial charge in [-0.25, -0.2) is 18.1 Å². The Kier molecular flexibility index (Phi) is 6.51. The zero-order chi connectivity index (χ0) is 22.6. The second-order valence-electron chi connectivity index (χ2n) is 6.43. The number of nitrogens with zero attached hydrogens (tertiary/aromatic N) is 2. The predicted octanol–water partition coefficient (Wildman–Crippen LogP) is 2.16. The first-order valence-corrected chi connectivity index (χ1v) is 10.5. The first kappa shape index (κ1) is 22.6. The van der Waals surface area contributed by atoms with Crippen LogP contribution in [0.15, 0.2) is 53.4 Å². The quantitative estimate of drug-likeness (QED) is 0.506. The van der Waals surface area contributed by atoms with Crippen LogP contribution in [0.3, 0.4) is 0 Å². The maximum Gasteiger partial charge on any atom is 0.449 e. The van der Waals surface area contributed by atoms with E-state index in [-0.39, 0.29) is 29.0 Å². The highest BCUT2D eigenvalue weighted by molar-refractivity contribution is 7.89. The smallest absolute Gasteiger partial charge is 0.449 e. The largest absolute Gasteiger partial charge is 0.497 e. The number of aromatic nitrogens is 2. The van der Waals surface area contributed by atoms with E-state index >= 15 is 0 Å². The third kappa shape index (κ3) is 5.33. The topological polar surface area (TPSA) is 102 Å². The van der Waals surface area contributed by atoms with Gasteiger partial charge in [-0.1, -0.05) is 12.1 Å². The Balaban J connectivity index is 1.60. The first-order chi connectivity index (χ1) is 14.6. The molecule has 0 aliphatic carbocycles. The molecule has 0 unspecified atom stereocenters. The second-order valence-corrected chi connectivity index (χ2v) is 8.20. The van der Waals surface area contributed by atoms with Gasteiger partial charge in [0.2, 0.25) is 21.8 Å². The molecular formula is C19H19F3N4O4S. The van der Waals surface area contributed by atoms with Crippen LogP contribution in [0.4, 0.5) is 13.2 Å². The SMILES string of the molecule is COc1ccc(S(=O)(=O)NCCNC(=O)Cn2c(C(F)(F)F)nc3ccccc32)cc1. The number of fused-ring (bicyclic) bond motifs is 1. The van der Waals surface area contributed by atoms with Gasteiger partial charge in [0.05, 0.1) is 23.0 Å². The molecule has 8 nitrogen and oxygen atoms in total. The number of rotatable bonds is 8. The number of ether oxygens (including phenoxy) is 1. The van der Waals surface area contributed by atoms with Gasteiger partial charge in [-0.2, -0.15) is 13.2 Å². The lowest BCUT2D eigenvalue weighted by Gasteiger charge is -2.12. The maximum atomic E-state index is 13.3. The van der Waals surface area contributed by atoms with Crippen molar-refractivity contribution in [3.05, 3.63) is 54.4 Å². The Hall–Kier alpha value is -3.12. The lowest BCUT2D eigenvalue weighted by molar-refractivity contribution is -0.147. The molecule has 0 fully saturated rings. The van der Waals surface area contributed by atoms with E-state index in [1.807, 2.05) is 0 Å². The number of carbonyl (C=O) groups excluding carboxylic acids is 1. The summed E-state index contributed by atoms with van der Waals surface area (Å²) in [6.07, 6.45) is -4.73. The van der Waals surface area contributed by atoms with Crippen LogP contribution in [0.1, 0.15) is 5.82 Å². The molecule has 31 heavy (non-hydrogen) atoms. The van der Waals surface area contributed by atoms with Gasteiger partial charge in [-0.15, -0.1) is 0 Å². The van der Waals surface area contributed by atoms with Crippen molar-refractivity contribution in [2.75, 3.05) is 20.2 Å². The fourth-order valence-corrected chi connectivity index (χ4v) is 3.91. The van der Waals surface area contributed by atoms with Crippen molar-refractivity contribution >= 4 is 27.0 Å². The minimum Gasteiger partial charge on any atom is -0.497 e. The van der Waals surface area contributed by atoms with Crippen molar-refractivity contribution in [3.63, 3.8) is 0 Å². The highest BCUT2D eigenvalue weighted by atomic mass is 32.2. The average molecular weight is 456 g/mol. The number of alkyl halides is 3. The Labute approximate surface area is 176 Å². The van der Waals surface area contributed by atoms with Gasteiger partial charge in [-0.05, 0) is 36.4 Å². The van der Waals surface area contributed by atoms with Crippen molar-refractivity contribution in [2.24, 2.45) is 0 Å². The average Bonchev–Trinajstić information content (AvgIpc) is 3.10. The summed E-state index contributed by atoms with van der Waals surface area (Å²) >= 11 is 0. The van der Waals surface area contributed by atoms with Gasteiger partial charge in [-0.3, -0.25) is 4.79 Å². The Morgan fingerprint density at radius 2 is 1.77 bits per heavy atom. The van der Waals surface area contributed by atoms with Crippen LogP contribution in [0.25, 0.3) is 11.0 Å². The van der Waals surface area contributed by atoms with Crippen LogP contribution in [0, 0.1) is 0 Å². The van der Waals surface area contributed by atoms with E-state index in [1.54, 1.807) is 12.1 Å². The van der Waals surface area contributed by atoms with E-state index < -0.39 is 34.5 Å². The molecule has 0 spiro atoms. The van der Waals surface area contributed by atoms with Crippen LogP contribution in [0.5, 0.6) is 5.75 Å². The molecule has 12 heteroatoms. The number of hydrogen-bond donors (Lipinski definition) is 2. The standard InChI is InChI=1S/C19H19F3N4O4S/c1-30-13-6-8-14(9-7-13)31(28,29)24-11-10-23-17(27)12-26-16-5-3-2-4-15(16)25-18(26)19(20,21)22/h2-9,24H,10-12H2,1H3,(H,23,27). The van der Waals surface area contributed by atoms with E-state index in [2.05, 4.69) is 15.0 Å². The van der Waals surface area contributed by atoms with Gasteiger partial charge < -0.3 is 14.6 Å². The summed E-state index contributed by atoms with van der Waals surface area (Å²) < 4.78 is 72.4. The number of hydrogen-bond acceptors (Lipinski definition) is 5. The number of para-hydroxylation sites is 2. The van der Waals surface area contributed by atoms with Crippen LogP contribution < -0.4 is 14.8 Å². The molecule has 0 aliphatic heterocycles. The molecule has 0 radical (unpaired) electrons. The summed E-state index contributed by atoms with van der Waals surface area (Å²) in [6.45, 7) is -0.861. The second kappa shape index (κ2) is 8.94. The van der Waals surface area contributed by atoms with Gasteiger partial charge >= 0.3 is 6.18 Å². The lowest BCUT2D eigenvalue weighted by Crippen LogP contribution is -2.36. The number of sulfonamides is 1. The van der Waals surface area contributed by atoms with E-state index in [0.717, 1.165) is 4.57 Å². The predicted molar refractivity (Wildman–Crippen MR) is 106 cm³/mol. The molecule has 166 valence electrons. The fraction of sp³-hybridized carbons (Fsp3) is 0.263. The third-order valence-corrected chi connectivity index (χ3v) is 5.80. The molecule has 0 saturated carbocycles. The molecule has 2 aromatic carbocycles. The lowest BCUT2D eigenvalue weighted by atomic mass is 10.3. The number of methoxy groups -OCH3 is 1. The number of amides is 1. The van der Waals surface area contributed by atoms with Crippen LogP contribution in [-0.2, 0) is 27.5 Å². The summed E-state index contributed by atoms with van der Waals surface area (Å²) in [6, 6.07) is 11.7. The van der Waals surface area contributed by atoms with Gasteiger partial charge in [0.1, 0.15) is 12.3 Å². The highest BCUT2D eigenvalue weighted by Gasteiger charge is 2.37. The van der Waals surface area contributed by atoms with E-state index in [9.17, 15) is 26.4 Å². The van der Waals surface area contributed by atoms with Crippen LogP contribution in [0.2, 0.25) is 0 Å². The van der Waals surface area contributed by atoms with Crippen molar-refractivity contribution < 1.29 is 31.1 Å². The Morgan fingerprint density at radius 1 is 1.10 bits per heavy atom. The normalized spacial score (nSPS) is 12.1. The monoisotopic (exact) mass is 456 g/mol. The molecule has 0 aliphatic rings. The van der Waals surface area contributed by atoms with Crippen LogP contribution >= 0.6 is 0 Å². The molecule has 3 rings (SSSR count). The summed E-state index contributed by atoms with van der Waals surface area (Å²) in [7, 11) is -2.36. The molecule has 0 bridgehead atoms. The molecule has 1 amide bonds. The number of imidazole rings is 1. The molecule has 2 N–H and O–H groups in total. The number of benzene rings is 2. The molecular weight excluding hydrogens is 437 g/mol. The molecule has 1 aromatic heterocycles.